The van der Waals surface area contributed by atoms with Gasteiger partial charge in [0.1, 0.15) is 12.3 Å². The van der Waals surface area contributed by atoms with Gasteiger partial charge in [0.05, 0.1) is 28.5 Å². The molecule has 0 aliphatic rings. The number of quaternary nitrogens is 1. The molecule has 1 aromatic heterocycles. The Balaban J connectivity index is 1.99. The van der Waals surface area contributed by atoms with Crippen LogP contribution in [0.25, 0.3) is 0 Å². The molecule has 0 saturated carbocycles. The standard InChI is InChI=1S/C16H19BrN2O2S/c1-11(19(2)10-12-8-9-15(17)22-12)16(20)18-13-6-4-5-7-14(13)21-3/h4-9,11H,10H2,1-3H3,(H,18,20)/p+1/t11-/m0/s1. The Morgan fingerprint density at radius 3 is 2.73 bits per heavy atom. The molecule has 2 rings (SSSR count). The molecule has 0 fully saturated rings. The Hall–Kier alpha value is -1.37. The van der Waals surface area contributed by atoms with Crippen LogP contribution in [0.15, 0.2) is 40.2 Å². The lowest BCUT2D eigenvalue weighted by atomic mass is 10.2. The number of carbonyl (C=O) groups is 1. The zero-order valence-electron chi connectivity index (χ0n) is 12.9. The Labute approximate surface area is 143 Å². The highest BCUT2D eigenvalue weighted by molar-refractivity contribution is 9.11. The number of halogens is 1. The van der Waals surface area contributed by atoms with E-state index in [9.17, 15) is 4.79 Å². The quantitative estimate of drug-likeness (QED) is 0.804. The first-order chi connectivity index (χ1) is 10.5. The molecule has 118 valence electrons. The van der Waals surface area contributed by atoms with Gasteiger partial charge in [-0.25, -0.2) is 0 Å². The van der Waals surface area contributed by atoms with Gasteiger partial charge in [0.2, 0.25) is 0 Å². The van der Waals surface area contributed by atoms with Crippen molar-refractivity contribution in [2.24, 2.45) is 0 Å². The summed E-state index contributed by atoms with van der Waals surface area (Å²) < 4.78 is 6.37. The lowest BCUT2D eigenvalue weighted by Gasteiger charge is -2.21. The first-order valence-corrected chi connectivity index (χ1v) is 8.62. The highest BCUT2D eigenvalue weighted by atomic mass is 79.9. The summed E-state index contributed by atoms with van der Waals surface area (Å²) in [6.45, 7) is 2.75. The number of nitrogens with one attached hydrogen (secondary N) is 2. The maximum atomic E-state index is 12.4. The van der Waals surface area contributed by atoms with E-state index in [0.29, 0.717) is 11.4 Å². The average molecular weight is 384 g/mol. The minimum Gasteiger partial charge on any atom is -0.495 e. The number of para-hydroxylation sites is 2. The minimum atomic E-state index is -0.161. The van der Waals surface area contributed by atoms with Gasteiger partial charge >= 0.3 is 0 Å². The molecular weight excluding hydrogens is 364 g/mol. The molecule has 1 amide bonds. The van der Waals surface area contributed by atoms with Crippen molar-refractivity contribution in [3.8, 4) is 5.75 Å². The van der Waals surface area contributed by atoms with E-state index in [4.69, 9.17) is 4.74 Å². The lowest BCUT2D eigenvalue weighted by Crippen LogP contribution is -3.12. The lowest BCUT2D eigenvalue weighted by molar-refractivity contribution is -0.907. The molecule has 6 heteroatoms. The minimum absolute atomic E-state index is 0.0161. The first kappa shape index (κ1) is 17.0. The van der Waals surface area contributed by atoms with Crippen LogP contribution in [0.2, 0.25) is 0 Å². The summed E-state index contributed by atoms with van der Waals surface area (Å²) in [5.74, 6) is 0.653. The van der Waals surface area contributed by atoms with Crippen molar-refractivity contribution in [1.29, 1.82) is 0 Å². The molecule has 22 heavy (non-hydrogen) atoms. The Kier molecular flexibility index (Phi) is 5.99. The fourth-order valence-electron chi connectivity index (χ4n) is 2.09. The number of carbonyl (C=O) groups excluding carboxylic acids is 1. The largest absolute Gasteiger partial charge is 0.495 e. The highest BCUT2D eigenvalue weighted by Gasteiger charge is 2.23. The second kappa shape index (κ2) is 7.76. The topological polar surface area (TPSA) is 42.8 Å². The third-order valence-electron chi connectivity index (χ3n) is 3.58. The summed E-state index contributed by atoms with van der Waals surface area (Å²) in [5.41, 5.74) is 0.702. The van der Waals surface area contributed by atoms with Crippen molar-refractivity contribution in [3.05, 3.63) is 45.1 Å². The van der Waals surface area contributed by atoms with Gasteiger partial charge in [-0.3, -0.25) is 4.79 Å². The molecule has 1 unspecified atom stereocenters. The molecule has 2 atom stereocenters. The number of methoxy groups -OCH3 is 1. The molecule has 1 heterocycles. The van der Waals surface area contributed by atoms with Crippen molar-refractivity contribution in [3.63, 3.8) is 0 Å². The van der Waals surface area contributed by atoms with E-state index in [1.165, 1.54) is 4.88 Å². The van der Waals surface area contributed by atoms with Crippen LogP contribution in [-0.2, 0) is 11.3 Å². The van der Waals surface area contributed by atoms with E-state index >= 15 is 0 Å². The Bertz CT molecular complexity index is 645. The van der Waals surface area contributed by atoms with E-state index in [1.54, 1.807) is 18.4 Å². The predicted octanol–water partition coefficient (Wildman–Crippen LogP) is 2.56. The van der Waals surface area contributed by atoms with Crippen LogP contribution in [0.3, 0.4) is 0 Å². The summed E-state index contributed by atoms with van der Waals surface area (Å²) >= 11 is 5.16. The zero-order chi connectivity index (χ0) is 16.1. The van der Waals surface area contributed by atoms with Gasteiger partial charge in [-0.05, 0) is 47.1 Å². The monoisotopic (exact) mass is 383 g/mol. The maximum Gasteiger partial charge on any atom is 0.282 e. The smallest absolute Gasteiger partial charge is 0.282 e. The third kappa shape index (κ3) is 4.32. The summed E-state index contributed by atoms with van der Waals surface area (Å²) in [4.78, 5) is 14.8. The van der Waals surface area contributed by atoms with Gasteiger partial charge < -0.3 is 15.0 Å². The zero-order valence-corrected chi connectivity index (χ0v) is 15.3. The molecule has 0 bridgehead atoms. The van der Waals surface area contributed by atoms with Gasteiger partial charge in [0.25, 0.3) is 5.91 Å². The van der Waals surface area contributed by atoms with E-state index in [2.05, 4.69) is 27.3 Å². The number of benzene rings is 1. The van der Waals surface area contributed by atoms with Crippen molar-refractivity contribution in [1.82, 2.24) is 0 Å². The average Bonchev–Trinajstić information content (AvgIpc) is 2.92. The Morgan fingerprint density at radius 1 is 1.36 bits per heavy atom. The second-order valence-corrected chi connectivity index (χ2v) is 7.69. The van der Waals surface area contributed by atoms with E-state index in [1.807, 2.05) is 44.3 Å². The number of likely N-dealkylation sites (N-methyl/N-ethyl adjacent to an activating group) is 1. The van der Waals surface area contributed by atoms with E-state index in [0.717, 1.165) is 15.2 Å². The number of amides is 1. The molecular formula is C16H20BrN2O2S+. The molecule has 4 nitrogen and oxygen atoms in total. The van der Waals surface area contributed by atoms with Crippen LogP contribution < -0.4 is 15.0 Å². The van der Waals surface area contributed by atoms with Gasteiger partial charge in [-0.1, -0.05) is 12.1 Å². The summed E-state index contributed by atoms with van der Waals surface area (Å²) in [6.07, 6.45) is 0. The number of rotatable bonds is 6. The third-order valence-corrected chi connectivity index (χ3v) is 5.20. The number of thiophene rings is 1. The van der Waals surface area contributed by atoms with Crippen LogP contribution in [0.1, 0.15) is 11.8 Å². The predicted molar refractivity (Wildman–Crippen MR) is 93.7 cm³/mol. The summed E-state index contributed by atoms with van der Waals surface area (Å²) in [6, 6.07) is 11.4. The molecule has 2 aromatic rings. The summed E-state index contributed by atoms with van der Waals surface area (Å²) in [5, 5.41) is 2.94. The number of anilines is 1. The highest BCUT2D eigenvalue weighted by Crippen LogP contribution is 2.23. The molecule has 0 spiro atoms. The first-order valence-electron chi connectivity index (χ1n) is 7.01. The SMILES string of the molecule is COc1ccccc1NC(=O)[C@H](C)[NH+](C)Cc1ccc(Br)s1. The van der Waals surface area contributed by atoms with Gasteiger partial charge in [-0.2, -0.15) is 0 Å². The number of hydrogen-bond acceptors (Lipinski definition) is 3. The van der Waals surface area contributed by atoms with Gasteiger partial charge in [0, 0.05) is 0 Å². The van der Waals surface area contributed by atoms with Crippen LogP contribution >= 0.6 is 27.3 Å². The van der Waals surface area contributed by atoms with Crippen molar-refractivity contribution in [2.45, 2.75) is 19.5 Å². The molecule has 0 aliphatic carbocycles. The van der Waals surface area contributed by atoms with Crippen molar-refractivity contribution >= 4 is 38.9 Å². The molecule has 1 aromatic carbocycles. The fourth-order valence-corrected chi connectivity index (χ4v) is 3.67. The molecule has 0 saturated heterocycles. The van der Waals surface area contributed by atoms with Crippen molar-refractivity contribution in [2.75, 3.05) is 19.5 Å². The number of hydrogen-bond donors (Lipinski definition) is 2. The maximum absolute atomic E-state index is 12.4. The van der Waals surface area contributed by atoms with Crippen LogP contribution in [0.4, 0.5) is 5.69 Å². The van der Waals surface area contributed by atoms with Crippen LogP contribution in [-0.4, -0.2) is 26.1 Å². The van der Waals surface area contributed by atoms with E-state index in [-0.39, 0.29) is 11.9 Å². The fraction of sp³-hybridized carbons (Fsp3) is 0.312. The van der Waals surface area contributed by atoms with Crippen LogP contribution in [0.5, 0.6) is 5.75 Å². The molecule has 0 aliphatic heterocycles. The number of ether oxygens (including phenoxy) is 1. The van der Waals surface area contributed by atoms with Crippen LogP contribution in [0, 0.1) is 0 Å². The van der Waals surface area contributed by atoms with Gasteiger partial charge in [0.15, 0.2) is 6.04 Å². The molecule has 2 N–H and O–H groups in total. The Morgan fingerprint density at radius 2 is 2.09 bits per heavy atom. The molecule has 0 radical (unpaired) electrons. The van der Waals surface area contributed by atoms with Gasteiger partial charge in [-0.15, -0.1) is 11.3 Å². The normalized spacial score (nSPS) is 13.5. The van der Waals surface area contributed by atoms with E-state index < -0.39 is 0 Å². The summed E-state index contributed by atoms with van der Waals surface area (Å²) in [7, 11) is 3.63. The van der Waals surface area contributed by atoms with Crippen molar-refractivity contribution < 1.29 is 14.4 Å². The second-order valence-electron chi connectivity index (χ2n) is 5.14.